The monoisotopic (exact) mass is 257 g/mol. The summed E-state index contributed by atoms with van der Waals surface area (Å²) in [5.41, 5.74) is 3.47. The summed E-state index contributed by atoms with van der Waals surface area (Å²) in [5.74, 6) is 0. The number of hydrogen-bond donors (Lipinski definition) is 0. The Hall–Kier alpha value is -1.41. The first-order chi connectivity index (χ1) is 9.35. The fourth-order valence-electron chi connectivity index (χ4n) is 2.80. The third-order valence-corrected chi connectivity index (χ3v) is 3.96. The van der Waals surface area contributed by atoms with Gasteiger partial charge in [-0.05, 0) is 23.3 Å². The zero-order valence-corrected chi connectivity index (χ0v) is 11.1. The molecule has 0 radical (unpaired) electrons. The molecule has 2 aliphatic heterocycles. The molecule has 0 unspecified atom stereocenters. The van der Waals surface area contributed by atoms with Gasteiger partial charge in [-0.1, -0.05) is 6.07 Å². The first-order valence-corrected chi connectivity index (χ1v) is 6.89. The van der Waals surface area contributed by atoms with Crippen molar-refractivity contribution in [2.24, 2.45) is 0 Å². The largest absolute Gasteiger partial charge is 0.379 e. The average molecular weight is 257 g/mol. The second-order valence-electron chi connectivity index (χ2n) is 5.26. The summed E-state index contributed by atoms with van der Waals surface area (Å²) in [6, 6.07) is 8.27. The highest BCUT2D eigenvalue weighted by Crippen LogP contribution is 2.23. The number of fused-ring (bicyclic) bond motifs is 1. The molecule has 0 saturated carbocycles. The van der Waals surface area contributed by atoms with Crippen LogP contribution in [0, 0.1) is 11.3 Å². The van der Waals surface area contributed by atoms with Crippen LogP contribution < -0.4 is 0 Å². The van der Waals surface area contributed by atoms with E-state index in [0.717, 1.165) is 58.0 Å². The van der Waals surface area contributed by atoms with Crippen molar-refractivity contribution in [3.63, 3.8) is 0 Å². The number of rotatable bonds is 3. The number of morpholine rings is 1. The first kappa shape index (κ1) is 12.6. The van der Waals surface area contributed by atoms with Gasteiger partial charge in [0, 0.05) is 39.3 Å². The number of nitrogens with zero attached hydrogens (tertiary/aromatic N) is 3. The van der Waals surface area contributed by atoms with Crippen LogP contribution in [0.25, 0.3) is 0 Å². The summed E-state index contributed by atoms with van der Waals surface area (Å²) < 4.78 is 5.36. The second-order valence-corrected chi connectivity index (χ2v) is 5.26. The lowest BCUT2D eigenvalue weighted by atomic mass is 10.1. The smallest absolute Gasteiger partial charge is 0.0991 e. The topological polar surface area (TPSA) is 39.5 Å². The van der Waals surface area contributed by atoms with Gasteiger partial charge in [0.25, 0.3) is 0 Å². The van der Waals surface area contributed by atoms with Crippen LogP contribution in [0.1, 0.15) is 16.7 Å². The molecule has 3 rings (SSSR count). The van der Waals surface area contributed by atoms with Crippen LogP contribution in [-0.2, 0) is 17.8 Å². The van der Waals surface area contributed by atoms with Crippen molar-refractivity contribution in [1.29, 1.82) is 5.26 Å². The van der Waals surface area contributed by atoms with Crippen LogP contribution in [-0.4, -0.2) is 49.2 Å². The normalized spacial score (nSPS) is 20.2. The molecule has 2 heterocycles. The lowest BCUT2D eigenvalue weighted by Crippen LogP contribution is -2.40. The zero-order chi connectivity index (χ0) is 13.1. The van der Waals surface area contributed by atoms with Crippen molar-refractivity contribution in [1.82, 2.24) is 9.80 Å². The second kappa shape index (κ2) is 5.70. The Kier molecular flexibility index (Phi) is 3.79. The third kappa shape index (κ3) is 2.95. The quantitative estimate of drug-likeness (QED) is 0.816. The molecule has 4 heteroatoms. The molecule has 1 aromatic carbocycles. The maximum atomic E-state index is 8.93. The van der Waals surface area contributed by atoms with Gasteiger partial charge in [0.2, 0.25) is 0 Å². The van der Waals surface area contributed by atoms with Gasteiger partial charge in [-0.3, -0.25) is 9.80 Å². The van der Waals surface area contributed by atoms with Gasteiger partial charge in [-0.2, -0.15) is 5.26 Å². The molecule has 2 aliphatic rings. The molecule has 0 bridgehead atoms. The Morgan fingerprint density at radius 2 is 1.79 bits per heavy atom. The van der Waals surface area contributed by atoms with Crippen LogP contribution in [0.5, 0.6) is 0 Å². The summed E-state index contributed by atoms with van der Waals surface area (Å²) in [6.07, 6.45) is 0. The van der Waals surface area contributed by atoms with E-state index >= 15 is 0 Å². The van der Waals surface area contributed by atoms with Crippen LogP contribution in [0.4, 0.5) is 0 Å². The van der Waals surface area contributed by atoms with E-state index in [1.165, 1.54) is 11.1 Å². The molecular weight excluding hydrogens is 238 g/mol. The van der Waals surface area contributed by atoms with Crippen molar-refractivity contribution in [3.05, 3.63) is 34.9 Å². The number of ether oxygens (including phenoxy) is 1. The summed E-state index contributed by atoms with van der Waals surface area (Å²) >= 11 is 0. The first-order valence-electron chi connectivity index (χ1n) is 6.89. The molecule has 4 nitrogen and oxygen atoms in total. The summed E-state index contributed by atoms with van der Waals surface area (Å²) in [6.45, 7) is 8.05. The van der Waals surface area contributed by atoms with Crippen molar-refractivity contribution in [3.8, 4) is 6.07 Å². The van der Waals surface area contributed by atoms with Gasteiger partial charge in [-0.15, -0.1) is 0 Å². The van der Waals surface area contributed by atoms with Crippen LogP contribution in [0.3, 0.4) is 0 Å². The predicted molar refractivity (Wildman–Crippen MR) is 72.5 cm³/mol. The molecule has 1 saturated heterocycles. The molecule has 0 amide bonds. The standard InChI is InChI=1S/C15H19N3O/c16-10-13-1-2-14-11-18(12-15(14)9-13)4-3-17-5-7-19-8-6-17/h1-2,9H,3-8,11-12H2. The molecule has 1 fully saturated rings. The van der Waals surface area contributed by atoms with Crippen LogP contribution >= 0.6 is 0 Å². The van der Waals surface area contributed by atoms with Gasteiger partial charge in [0.15, 0.2) is 0 Å². The van der Waals surface area contributed by atoms with Gasteiger partial charge in [-0.25, -0.2) is 0 Å². The van der Waals surface area contributed by atoms with Crippen molar-refractivity contribution in [2.75, 3.05) is 39.4 Å². The van der Waals surface area contributed by atoms with E-state index in [4.69, 9.17) is 10.00 Å². The molecule has 0 N–H and O–H groups in total. The number of benzene rings is 1. The average Bonchev–Trinajstić information content (AvgIpc) is 2.88. The molecule has 100 valence electrons. The van der Waals surface area contributed by atoms with Crippen molar-refractivity contribution in [2.45, 2.75) is 13.1 Å². The van der Waals surface area contributed by atoms with E-state index in [1.807, 2.05) is 12.1 Å². The molecule has 1 aromatic rings. The number of nitriles is 1. The molecule has 0 aromatic heterocycles. The zero-order valence-electron chi connectivity index (χ0n) is 11.1. The van der Waals surface area contributed by atoms with E-state index in [2.05, 4.69) is 21.9 Å². The lowest BCUT2D eigenvalue weighted by Gasteiger charge is -2.28. The van der Waals surface area contributed by atoms with E-state index in [1.54, 1.807) is 0 Å². The Morgan fingerprint density at radius 3 is 2.58 bits per heavy atom. The predicted octanol–water partition coefficient (Wildman–Crippen LogP) is 1.21. The Balaban J connectivity index is 1.54. The van der Waals surface area contributed by atoms with Crippen LogP contribution in [0.15, 0.2) is 18.2 Å². The van der Waals surface area contributed by atoms with Gasteiger partial charge < -0.3 is 4.74 Å². The summed E-state index contributed by atoms with van der Waals surface area (Å²) in [5, 5.41) is 8.93. The highest BCUT2D eigenvalue weighted by Gasteiger charge is 2.20. The minimum atomic E-state index is 0.772. The fraction of sp³-hybridized carbons (Fsp3) is 0.533. The SMILES string of the molecule is N#Cc1ccc2c(c1)CN(CCN1CCOCC1)C2. The Labute approximate surface area is 114 Å². The molecule has 0 spiro atoms. The third-order valence-electron chi connectivity index (χ3n) is 3.96. The molecular formula is C15H19N3O. The van der Waals surface area contributed by atoms with E-state index < -0.39 is 0 Å². The fourth-order valence-corrected chi connectivity index (χ4v) is 2.80. The summed E-state index contributed by atoms with van der Waals surface area (Å²) in [7, 11) is 0. The lowest BCUT2D eigenvalue weighted by molar-refractivity contribution is 0.0331. The van der Waals surface area contributed by atoms with Crippen molar-refractivity contribution < 1.29 is 4.74 Å². The van der Waals surface area contributed by atoms with Gasteiger partial charge in [0.1, 0.15) is 0 Å². The minimum absolute atomic E-state index is 0.772. The highest BCUT2D eigenvalue weighted by atomic mass is 16.5. The number of hydrogen-bond acceptors (Lipinski definition) is 4. The molecule has 19 heavy (non-hydrogen) atoms. The Bertz CT molecular complexity index is 489. The van der Waals surface area contributed by atoms with Crippen LogP contribution in [0.2, 0.25) is 0 Å². The van der Waals surface area contributed by atoms with Gasteiger partial charge in [0.05, 0.1) is 24.8 Å². The highest BCUT2D eigenvalue weighted by molar-refractivity contribution is 5.39. The maximum absolute atomic E-state index is 8.93. The van der Waals surface area contributed by atoms with Crippen molar-refractivity contribution >= 4 is 0 Å². The van der Waals surface area contributed by atoms with E-state index in [9.17, 15) is 0 Å². The molecule has 0 aliphatic carbocycles. The van der Waals surface area contributed by atoms with E-state index in [0.29, 0.717) is 0 Å². The minimum Gasteiger partial charge on any atom is -0.379 e. The van der Waals surface area contributed by atoms with E-state index in [-0.39, 0.29) is 0 Å². The Morgan fingerprint density at radius 1 is 1.05 bits per heavy atom. The van der Waals surface area contributed by atoms with Gasteiger partial charge >= 0.3 is 0 Å². The molecule has 0 atom stereocenters. The maximum Gasteiger partial charge on any atom is 0.0991 e. The summed E-state index contributed by atoms with van der Waals surface area (Å²) in [4.78, 5) is 4.93.